The van der Waals surface area contributed by atoms with Crippen molar-refractivity contribution in [2.24, 2.45) is 0 Å². The fourth-order valence-electron chi connectivity index (χ4n) is 1.69. The number of hydrogen-bond donors (Lipinski definition) is 0. The fraction of sp³-hybridized carbons (Fsp3) is 0.308. The highest BCUT2D eigenvalue weighted by Gasteiger charge is 2.31. The standard InChI is InChI=1S/C13H12BrF3N2O2/c1-2-19-8-18-6-9(19)7-20-10-3-4-12(11(14)5-10)21-13(15,16)17/h3-6,8H,2,7H2,1H3. The molecule has 0 aliphatic rings. The number of rotatable bonds is 5. The van der Waals surface area contributed by atoms with Gasteiger partial charge in [0.25, 0.3) is 0 Å². The third-order valence-corrected chi connectivity index (χ3v) is 3.27. The second kappa shape index (κ2) is 6.38. The molecule has 0 atom stereocenters. The van der Waals surface area contributed by atoms with Crippen molar-refractivity contribution < 1.29 is 22.6 Å². The summed E-state index contributed by atoms with van der Waals surface area (Å²) >= 11 is 3.02. The van der Waals surface area contributed by atoms with Crippen molar-refractivity contribution in [3.63, 3.8) is 0 Å². The van der Waals surface area contributed by atoms with Gasteiger partial charge in [-0.15, -0.1) is 13.2 Å². The Labute approximate surface area is 127 Å². The molecule has 0 saturated heterocycles. The van der Waals surface area contributed by atoms with Crippen LogP contribution in [-0.4, -0.2) is 15.9 Å². The Hall–Kier alpha value is -1.70. The van der Waals surface area contributed by atoms with Crippen LogP contribution in [0.3, 0.4) is 0 Å². The van der Waals surface area contributed by atoms with E-state index in [2.05, 4.69) is 25.7 Å². The molecule has 0 N–H and O–H groups in total. The number of aryl methyl sites for hydroxylation is 1. The van der Waals surface area contributed by atoms with Crippen LogP contribution >= 0.6 is 15.9 Å². The van der Waals surface area contributed by atoms with E-state index in [0.717, 1.165) is 12.2 Å². The lowest BCUT2D eigenvalue weighted by Crippen LogP contribution is -2.17. The molecule has 0 radical (unpaired) electrons. The van der Waals surface area contributed by atoms with Gasteiger partial charge in [-0.3, -0.25) is 0 Å². The number of hydrogen-bond acceptors (Lipinski definition) is 3. The molecule has 0 aliphatic carbocycles. The van der Waals surface area contributed by atoms with Crippen LogP contribution < -0.4 is 9.47 Å². The quantitative estimate of drug-likeness (QED) is 0.799. The van der Waals surface area contributed by atoms with Gasteiger partial charge >= 0.3 is 6.36 Å². The van der Waals surface area contributed by atoms with Gasteiger partial charge in [-0.05, 0) is 41.1 Å². The number of aromatic nitrogens is 2. The predicted molar refractivity (Wildman–Crippen MR) is 73.1 cm³/mol. The lowest BCUT2D eigenvalue weighted by atomic mass is 10.3. The average molecular weight is 365 g/mol. The summed E-state index contributed by atoms with van der Waals surface area (Å²) in [5.74, 6) is 0.119. The van der Waals surface area contributed by atoms with E-state index in [1.54, 1.807) is 12.5 Å². The lowest BCUT2D eigenvalue weighted by Gasteiger charge is -2.12. The first-order valence-electron chi connectivity index (χ1n) is 6.06. The number of alkyl halides is 3. The van der Waals surface area contributed by atoms with Crippen molar-refractivity contribution in [1.82, 2.24) is 9.55 Å². The highest BCUT2D eigenvalue weighted by atomic mass is 79.9. The molecular formula is C13H12BrF3N2O2. The van der Waals surface area contributed by atoms with Crippen molar-refractivity contribution in [1.29, 1.82) is 0 Å². The van der Waals surface area contributed by atoms with Gasteiger partial charge in [0, 0.05) is 6.54 Å². The van der Waals surface area contributed by atoms with Crippen LogP contribution in [0.5, 0.6) is 11.5 Å². The maximum absolute atomic E-state index is 12.2. The van der Waals surface area contributed by atoms with Gasteiger partial charge in [-0.2, -0.15) is 0 Å². The molecule has 4 nitrogen and oxygen atoms in total. The number of halogens is 4. The Morgan fingerprint density at radius 2 is 2.10 bits per heavy atom. The minimum Gasteiger partial charge on any atom is -0.487 e. The molecule has 0 aliphatic heterocycles. The highest BCUT2D eigenvalue weighted by Crippen LogP contribution is 2.33. The van der Waals surface area contributed by atoms with Crippen LogP contribution in [0.25, 0.3) is 0 Å². The van der Waals surface area contributed by atoms with Gasteiger partial charge in [-0.1, -0.05) is 0 Å². The Morgan fingerprint density at radius 3 is 2.71 bits per heavy atom. The van der Waals surface area contributed by atoms with Gasteiger partial charge in [0.2, 0.25) is 0 Å². The molecule has 0 unspecified atom stereocenters. The minimum absolute atomic E-state index is 0.168. The van der Waals surface area contributed by atoms with Crippen molar-refractivity contribution in [3.05, 3.63) is 40.9 Å². The molecule has 0 bridgehead atoms. The summed E-state index contributed by atoms with van der Waals surface area (Å²) in [6, 6.07) is 4.04. The second-order valence-corrected chi connectivity index (χ2v) is 4.95. The first kappa shape index (κ1) is 15.7. The van der Waals surface area contributed by atoms with Crippen LogP contribution in [-0.2, 0) is 13.2 Å². The van der Waals surface area contributed by atoms with E-state index in [9.17, 15) is 13.2 Å². The molecular weight excluding hydrogens is 353 g/mol. The second-order valence-electron chi connectivity index (χ2n) is 4.10. The molecule has 0 amide bonds. The minimum atomic E-state index is -4.72. The summed E-state index contributed by atoms with van der Waals surface area (Å²) in [5, 5.41) is 0. The van der Waals surface area contributed by atoms with E-state index in [4.69, 9.17) is 4.74 Å². The predicted octanol–water partition coefficient (Wildman–Crippen LogP) is 4.14. The summed E-state index contributed by atoms with van der Waals surface area (Å²) in [4.78, 5) is 4.01. The SMILES string of the molecule is CCn1cncc1COc1ccc(OC(F)(F)F)c(Br)c1. The zero-order valence-electron chi connectivity index (χ0n) is 11.0. The Kier molecular flexibility index (Phi) is 4.76. The van der Waals surface area contributed by atoms with Gasteiger partial charge < -0.3 is 14.0 Å². The van der Waals surface area contributed by atoms with E-state index in [1.807, 2.05) is 11.5 Å². The zero-order valence-corrected chi connectivity index (χ0v) is 12.6. The maximum Gasteiger partial charge on any atom is 0.573 e. The van der Waals surface area contributed by atoms with E-state index < -0.39 is 6.36 Å². The third kappa shape index (κ3) is 4.38. The smallest absolute Gasteiger partial charge is 0.487 e. The molecule has 1 heterocycles. The Balaban J connectivity index is 2.03. The number of ether oxygens (including phenoxy) is 2. The first-order valence-corrected chi connectivity index (χ1v) is 6.85. The van der Waals surface area contributed by atoms with Crippen molar-refractivity contribution in [3.8, 4) is 11.5 Å². The van der Waals surface area contributed by atoms with Crippen molar-refractivity contribution >= 4 is 15.9 Å². The molecule has 2 rings (SSSR count). The van der Waals surface area contributed by atoms with Gasteiger partial charge in [-0.25, -0.2) is 4.98 Å². The molecule has 0 fully saturated rings. The van der Waals surface area contributed by atoms with E-state index in [0.29, 0.717) is 5.75 Å². The summed E-state index contributed by atoms with van der Waals surface area (Å²) in [5.41, 5.74) is 0.879. The normalized spacial score (nSPS) is 11.5. The topological polar surface area (TPSA) is 36.3 Å². The summed E-state index contributed by atoms with van der Waals surface area (Å²) in [6.45, 7) is 3.02. The lowest BCUT2D eigenvalue weighted by molar-refractivity contribution is -0.274. The molecule has 0 saturated carbocycles. The number of nitrogens with zero attached hydrogens (tertiary/aromatic N) is 2. The summed E-state index contributed by atoms with van der Waals surface area (Å²) in [7, 11) is 0. The Morgan fingerprint density at radius 1 is 1.33 bits per heavy atom. The van der Waals surface area contributed by atoms with E-state index in [1.165, 1.54) is 18.2 Å². The summed E-state index contributed by atoms with van der Waals surface area (Å²) < 4.78 is 47.9. The molecule has 21 heavy (non-hydrogen) atoms. The highest BCUT2D eigenvalue weighted by molar-refractivity contribution is 9.10. The monoisotopic (exact) mass is 364 g/mol. The third-order valence-electron chi connectivity index (χ3n) is 2.65. The van der Waals surface area contributed by atoms with Gasteiger partial charge in [0.15, 0.2) is 0 Å². The van der Waals surface area contributed by atoms with E-state index in [-0.39, 0.29) is 16.8 Å². The molecule has 0 spiro atoms. The van der Waals surface area contributed by atoms with Crippen molar-refractivity contribution in [2.75, 3.05) is 0 Å². The van der Waals surface area contributed by atoms with Gasteiger partial charge in [0.1, 0.15) is 18.1 Å². The largest absolute Gasteiger partial charge is 0.573 e. The number of benzene rings is 1. The first-order chi connectivity index (χ1) is 9.89. The maximum atomic E-state index is 12.2. The Bertz CT molecular complexity index is 614. The molecule has 1 aromatic carbocycles. The van der Waals surface area contributed by atoms with Crippen LogP contribution in [0.2, 0.25) is 0 Å². The van der Waals surface area contributed by atoms with Crippen LogP contribution in [0.4, 0.5) is 13.2 Å². The number of imidazole rings is 1. The average Bonchev–Trinajstić information content (AvgIpc) is 2.85. The molecule has 8 heteroatoms. The summed E-state index contributed by atoms with van der Waals surface area (Å²) in [6.07, 6.45) is -1.35. The van der Waals surface area contributed by atoms with Crippen LogP contribution in [0.15, 0.2) is 35.2 Å². The van der Waals surface area contributed by atoms with Crippen LogP contribution in [0.1, 0.15) is 12.6 Å². The van der Waals surface area contributed by atoms with E-state index >= 15 is 0 Å². The zero-order chi connectivity index (χ0) is 15.5. The van der Waals surface area contributed by atoms with Crippen molar-refractivity contribution in [2.45, 2.75) is 26.4 Å². The van der Waals surface area contributed by atoms with Crippen LogP contribution in [0, 0.1) is 0 Å². The molecule has 2 aromatic rings. The molecule has 114 valence electrons. The fourth-order valence-corrected chi connectivity index (χ4v) is 2.13. The molecule has 1 aromatic heterocycles. The van der Waals surface area contributed by atoms with Gasteiger partial charge in [0.05, 0.1) is 22.7 Å².